The van der Waals surface area contributed by atoms with E-state index in [0.29, 0.717) is 0 Å². The molecule has 0 aliphatic carbocycles. The maximum absolute atomic E-state index is 6.19. The number of nitrogen functional groups attached to an aromatic ring is 1. The lowest BCUT2D eigenvalue weighted by Gasteiger charge is -2.15. The van der Waals surface area contributed by atoms with Crippen LogP contribution in [0.4, 0.5) is 5.82 Å². The third-order valence-electron chi connectivity index (χ3n) is 2.92. The summed E-state index contributed by atoms with van der Waals surface area (Å²) in [4.78, 5) is 0. The first-order valence-corrected chi connectivity index (χ1v) is 7.00. The average molecular weight is 355 g/mol. The summed E-state index contributed by atoms with van der Waals surface area (Å²) in [5.41, 5.74) is 9.45. The van der Waals surface area contributed by atoms with E-state index in [2.05, 4.69) is 56.4 Å². The Bertz CT molecular complexity index is 579. The van der Waals surface area contributed by atoms with Gasteiger partial charge in [0, 0.05) is 5.41 Å². The number of para-hydroxylation sites is 1. The monoisotopic (exact) mass is 355 g/mol. The lowest BCUT2D eigenvalue weighted by atomic mass is 9.92. The van der Waals surface area contributed by atoms with E-state index < -0.39 is 0 Å². The highest BCUT2D eigenvalue weighted by Crippen LogP contribution is 2.31. The summed E-state index contributed by atoms with van der Waals surface area (Å²) in [6.45, 7) is 8.53. The molecule has 0 fully saturated rings. The van der Waals surface area contributed by atoms with Crippen LogP contribution in [0.2, 0.25) is 0 Å². The Kier molecular flexibility index (Phi) is 3.40. The van der Waals surface area contributed by atoms with Crippen LogP contribution in [0.3, 0.4) is 0 Å². The van der Waals surface area contributed by atoms with Gasteiger partial charge in [0.2, 0.25) is 0 Å². The van der Waals surface area contributed by atoms with Crippen molar-refractivity contribution in [2.24, 2.45) is 0 Å². The fourth-order valence-corrected chi connectivity index (χ4v) is 3.02. The van der Waals surface area contributed by atoms with Crippen molar-refractivity contribution in [3.8, 4) is 5.69 Å². The fourth-order valence-electron chi connectivity index (χ4n) is 1.88. The van der Waals surface area contributed by atoms with E-state index in [-0.39, 0.29) is 5.41 Å². The minimum atomic E-state index is -0.00141. The van der Waals surface area contributed by atoms with Gasteiger partial charge in [0.15, 0.2) is 0 Å². The molecular weight excluding hydrogens is 337 g/mol. The van der Waals surface area contributed by atoms with Gasteiger partial charge in [0.05, 0.1) is 15.0 Å². The molecule has 0 spiro atoms. The Hall–Kier alpha value is -1.04. The van der Waals surface area contributed by atoms with E-state index in [1.54, 1.807) is 0 Å². The Morgan fingerprint density at radius 1 is 1.22 bits per heavy atom. The number of nitrogens with zero attached hydrogens (tertiary/aromatic N) is 2. The molecule has 0 aliphatic heterocycles. The van der Waals surface area contributed by atoms with Gasteiger partial charge < -0.3 is 5.73 Å². The second-order valence-electron chi connectivity index (χ2n) is 5.50. The van der Waals surface area contributed by atoms with Gasteiger partial charge in [-0.25, -0.2) is 4.68 Å². The third kappa shape index (κ3) is 2.25. The summed E-state index contributed by atoms with van der Waals surface area (Å²) in [5.74, 6) is 0.717. The van der Waals surface area contributed by atoms with Gasteiger partial charge in [-0.3, -0.25) is 0 Å². The summed E-state index contributed by atoms with van der Waals surface area (Å²) in [7, 11) is 0. The standard InChI is InChI=1S/C14H18IN3/c1-9-7-5-6-8-10(9)18-13(16)11(15)12(17-18)14(2,3)4/h5-8H,16H2,1-4H3. The normalized spacial score (nSPS) is 11.8. The molecule has 0 aliphatic rings. The number of halogens is 1. The predicted octanol–water partition coefficient (Wildman–Crippen LogP) is 3.67. The van der Waals surface area contributed by atoms with Gasteiger partial charge in [0.25, 0.3) is 0 Å². The lowest BCUT2D eigenvalue weighted by molar-refractivity contribution is 0.557. The molecule has 1 aromatic heterocycles. The van der Waals surface area contributed by atoms with Gasteiger partial charge in [-0.05, 0) is 41.1 Å². The van der Waals surface area contributed by atoms with Crippen LogP contribution in [0, 0.1) is 10.5 Å². The van der Waals surface area contributed by atoms with Crippen LogP contribution < -0.4 is 5.73 Å². The molecule has 3 nitrogen and oxygen atoms in total. The third-order valence-corrected chi connectivity index (χ3v) is 3.98. The molecule has 0 amide bonds. The molecule has 1 heterocycles. The van der Waals surface area contributed by atoms with Crippen molar-refractivity contribution < 1.29 is 0 Å². The molecule has 2 rings (SSSR count). The summed E-state index contributed by atoms with van der Waals surface area (Å²) in [6.07, 6.45) is 0. The van der Waals surface area contributed by atoms with Crippen LogP contribution in [-0.2, 0) is 5.41 Å². The first kappa shape index (κ1) is 13.4. The first-order valence-electron chi connectivity index (χ1n) is 5.93. The van der Waals surface area contributed by atoms with Crippen molar-refractivity contribution in [3.05, 3.63) is 39.1 Å². The molecule has 2 aromatic rings. The Morgan fingerprint density at radius 2 is 1.83 bits per heavy atom. The van der Waals surface area contributed by atoms with Crippen molar-refractivity contribution in [2.45, 2.75) is 33.1 Å². The molecule has 0 unspecified atom stereocenters. The minimum Gasteiger partial charge on any atom is -0.383 e. The zero-order valence-electron chi connectivity index (χ0n) is 11.2. The quantitative estimate of drug-likeness (QED) is 0.794. The molecule has 2 N–H and O–H groups in total. The molecule has 18 heavy (non-hydrogen) atoms. The molecule has 0 radical (unpaired) electrons. The van der Waals surface area contributed by atoms with E-state index in [9.17, 15) is 0 Å². The largest absolute Gasteiger partial charge is 0.383 e. The van der Waals surface area contributed by atoms with Crippen LogP contribution in [0.25, 0.3) is 5.69 Å². The van der Waals surface area contributed by atoms with Gasteiger partial charge in [-0.15, -0.1) is 0 Å². The Morgan fingerprint density at radius 3 is 2.33 bits per heavy atom. The molecule has 1 aromatic carbocycles. The van der Waals surface area contributed by atoms with Crippen molar-refractivity contribution in [1.82, 2.24) is 9.78 Å². The van der Waals surface area contributed by atoms with E-state index >= 15 is 0 Å². The van der Waals surface area contributed by atoms with E-state index in [1.165, 1.54) is 5.56 Å². The van der Waals surface area contributed by atoms with Crippen molar-refractivity contribution in [2.75, 3.05) is 5.73 Å². The number of anilines is 1. The van der Waals surface area contributed by atoms with Crippen molar-refractivity contribution >= 4 is 28.4 Å². The first-order chi connectivity index (χ1) is 8.32. The smallest absolute Gasteiger partial charge is 0.141 e. The van der Waals surface area contributed by atoms with E-state index in [4.69, 9.17) is 10.8 Å². The van der Waals surface area contributed by atoms with Crippen LogP contribution in [0.15, 0.2) is 24.3 Å². The maximum atomic E-state index is 6.19. The second-order valence-corrected chi connectivity index (χ2v) is 6.57. The predicted molar refractivity (Wildman–Crippen MR) is 84.1 cm³/mol. The lowest BCUT2D eigenvalue weighted by Crippen LogP contribution is -2.14. The van der Waals surface area contributed by atoms with Gasteiger partial charge in [0.1, 0.15) is 5.82 Å². The van der Waals surface area contributed by atoms with Gasteiger partial charge in [-0.1, -0.05) is 39.0 Å². The zero-order valence-corrected chi connectivity index (χ0v) is 13.3. The SMILES string of the molecule is Cc1ccccc1-n1nc(C(C)(C)C)c(I)c1N. The topological polar surface area (TPSA) is 43.8 Å². The zero-order chi connectivity index (χ0) is 13.5. The van der Waals surface area contributed by atoms with Gasteiger partial charge >= 0.3 is 0 Å². The molecule has 0 atom stereocenters. The molecule has 0 bridgehead atoms. The summed E-state index contributed by atoms with van der Waals surface area (Å²) >= 11 is 2.28. The van der Waals surface area contributed by atoms with E-state index in [0.717, 1.165) is 20.8 Å². The summed E-state index contributed by atoms with van der Waals surface area (Å²) in [5, 5.41) is 4.70. The van der Waals surface area contributed by atoms with E-state index in [1.807, 2.05) is 22.9 Å². The number of hydrogen-bond donors (Lipinski definition) is 1. The highest BCUT2D eigenvalue weighted by atomic mass is 127. The number of nitrogens with two attached hydrogens (primary N) is 1. The second kappa shape index (κ2) is 4.57. The summed E-state index contributed by atoms with van der Waals surface area (Å²) in [6, 6.07) is 8.14. The minimum absolute atomic E-state index is 0.00141. The molecule has 0 saturated carbocycles. The molecular formula is C14H18IN3. The maximum Gasteiger partial charge on any atom is 0.141 e. The fraction of sp³-hybridized carbons (Fsp3) is 0.357. The van der Waals surface area contributed by atoms with Crippen LogP contribution in [-0.4, -0.2) is 9.78 Å². The highest BCUT2D eigenvalue weighted by Gasteiger charge is 2.25. The number of rotatable bonds is 1. The van der Waals surface area contributed by atoms with Crippen LogP contribution >= 0.6 is 22.6 Å². The van der Waals surface area contributed by atoms with Crippen LogP contribution in [0.5, 0.6) is 0 Å². The Balaban J connectivity index is 2.65. The molecule has 96 valence electrons. The number of aryl methyl sites for hydroxylation is 1. The number of aromatic nitrogens is 2. The van der Waals surface area contributed by atoms with Crippen molar-refractivity contribution in [3.63, 3.8) is 0 Å². The van der Waals surface area contributed by atoms with Crippen molar-refractivity contribution in [1.29, 1.82) is 0 Å². The average Bonchev–Trinajstić information content (AvgIpc) is 2.57. The van der Waals surface area contributed by atoms with Gasteiger partial charge in [-0.2, -0.15) is 5.10 Å². The summed E-state index contributed by atoms with van der Waals surface area (Å²) < 4.78 is 2.89. The number of hydrogen-bond acceptors (Lipinski definition) is 2. The molecule has 0 saturated heterocycles. The Labute approximate surface area is 122 Å². The molecule has 4 heteroatoms. The highest BCUT2D eigenvalue weighted by molar-refractivity contribution is 14.1. The van der Waals surface area contributed by atoms with Crippen LogP contribution in [0.1, 0.15) is 32.0 Å². The number of benzene rings is 1.